The number of amides is 1. The average Bonchev–Trinajstić information content (AvgIpc) is 2.52. The number of rotatable bonds is 6. The van der Waals surface area contributed by atoms with Crippen LogP contribution < -0.4 is 0 Å². The Balaban J connectivity index is 2.03. The zero-order valence-electron chi connectivity index (χ0n) is 13.5. The zero-order valence-corrected chi connectivity index (χ0v) is 13.5. The van der Waals surface area contributed by atoms with E-state index in [1.165, 1.54) is 24.3 Å². The molecule has 1 N–H and O–H groups in total. The van der Waals surface area contributed by atoms with Crippen molar-refractivity contribution in [3.05, 3.63) is 35.6 Å². The van der Waals surface area contributed by atoms with Crippen molar-refractivity contribution >= 4 is 5.91 Å². The minimum atomic E-state index is -0.340. The van der Waals surface area contributed by atoms with Gasteiger partial charge in [-0.15, -0.1) is 0 Å². The molecule has 1 aliphatic rings. The van der Waals surface area contributed by atoms with Crippen molar-refractivity contribution in [2.24, 2.45) is 0 Å². The summed E-state index contributed by atoms with van der Waals surface area (Å²) in [5.41, 5.74) is 0.502. The van der Waals surface area contributed by atoms with E-state index < -0.39 is 0 Å². The molecule has 1 aliphatic heterocycles. The van der Waals surface area contributed by atoms with Gasteiger partial charge >= 0.3 is 0 Å². The maximum absolute atomic E-state index is 13.0. The number of hydrogen-bond acceptors (Lipinski definition) is 3. The van der Waals surface area contributed by atoms with E-state index in [1.807, 2.05) is 6.92 Å². The highest BCUT2D eigenvalue weighted by molar-refractivity contribution is 5.94. The Kier molecular flexibility index (Phi) is 5.53. The van der Waals surface area contributed by atoms with Gasteiger partial charge in [-0.25, -0.2) is 4.39 Å². The van der Waals surface area contributed by atoms with Crippen molar-refractivity contribution in [2.75, 3.05) is 20.1 Å². The second-order valence-electron chi connectivity index (χ2n) is 6.13. The molecular formula is C17H25FN2O2. The fraction of sp³-hybridized carbons (Fsp3) is 0.588. The van der Waals surface area contributed by atoms with E-state index in [0.29, 0.717) is 12.1 Å². The molecule has 1 fully saturated rings. The minimum absolute atomic E-state index is 0.0906. The van der Waals surface area contributed by atoms with E-state index in [-0.39, 0.29) is 29.9 Å². The van der Waals surface area contributed by atoms with Gasteiger partial charge in [-0.3, -0.25) is 9.69 Å². The van der Waals surface area contributed by atoms with E-state index in [1.54, 1.807) is 11.9 Å². The molecule has 0 spiro atoms. The fourth-order valence-corrected chi connectivity index (χ4v) is 2.88. The molecule has 0 aliphatic carbocycles. The summed E-state index contributed by atoms with van der Waals surface area (Å²) in [4.78, 5) is 16.5. The molecule has 2 rings (SSSR count). The fourth-order valence-electron chi connectivity index (χ4n) is 2.88. The summed E-state index contributed by atoms with van der Waals surface area (Å²) in [6.45, 7) is 5.52. The molecule has 3 atom stereocenters. The molecule has 22 heavy (non-hydrogen) atoms. The van der Waals surface area contributed by atoms with Crippen LogP contribution in [0, 0.1) is 5.82 Å². The van der Waals surface area contributed by atoms with E-state index in [9.17, 15) is 14.3 Å². The number of likely N-dealkylation sites (N-methyl/N-ethyl adjacent to an activating group) is 1. The summed E-state index contributed by atoms with van der Waals surface area (Å²) in [5, 5.41) is 9.62. The second kappa shape index (κ2) is 7.20. The first-order valence-corrected chi connectivity index (χ1v) is 7.88. The number of nitrogens with zero attached hydrogens (tertiary/aromatic N) is 2. The topological polar surface area (TPSA) is 43.8 Å². The predicted molar refractivity (Wildman–Crippen MR) is 84.2 cm³/mol. The highest BCUT2D eigenvalue weighted by Gasteiger charge is 2.36. The Hall–Kier alpha value is -1.46. The van der Waals surface area contributed by atoms with Crippen LogP contribution in [-0.2, 0) is 0 Å². The number of β-amino-alcohol motifs (C(OH)–C–C–N with tert-alkyl or cyclic N) is 1. The molecule has 0 unspecified atom stereocenters. The molecule has 0 saturated carbocycles. The van der Waals surface area contributed by atoms with Crippen LogP contribution in [0.15, 0.2) is 24.3 Å². The quantitative estimate of drug-likeness (QED) is 0.875. The summed E-state index contributed by atoms with van der Waals surface area (Å²) < 4.78 is 13.0. The lowest BCUT2D eigenvalue weighted by Gasteiger charge is -2.46. The van der Waals surface area contributed by atoms with Crippen LogP contribution in [0.5, 0.6) is 0 Å². The van der Waals surface area contributed by atoms with Crippen LogP contribution in [0.3, 0.4) is 0 Å². The van der Waals surface area contributed by atoms with Crippen molar-refractivity contribution in [1.29, 1.82) is 0 Å². The average molecular weight is 308 g/mol. The van der Waals surface area contributed by atoms with Gasteiger partial charge in [-0.2, -0.15) is 0 Å². The maximum Gasteiger partial charge on any atom is 0.253 e. The van der Waals surface area contributed by atoms with Crippen LogP contribution in [-0.4, -0.2) is 59.1 Å². The Bertz CT molecular complexity index is 506. The minimum Gasteiger partial charge on any atom is -0.390 e. The van der Waals surface area contributed by atoms with Gasteiger partial charge in [0.05, 0.1) is 6.10 Å². The summed E-state index contributed by atoms with van der Waals surface area (Å²) in [6, 6.07) is 5.90. The summed E-state index contributed by atoms with van der Waals surface area (Å²) in [6.07, 6.45) is 1.62. The van der Waals surface area contributed by atoms with Crippen molar-refractivity contribution < 1.29 is 14.3 Å². The first kappa shape index (κ1) is 16.9. The first-order valence-electron chi connectivity index (χ1n) is 7.88. The van der Waals surface area contributed by atoms with Crippen molar-refractivity contribution in [2.45, 2.75) is 44.9 Å². The lowest BCUT2D eigenvalue weighted by Crippen LogP contribution is -2.61. The van der Waals surface area contributed by atoms with Crippen LogP contribution in [0.4, 0.5) is 4.39 Å². The molecule has 1 aromatic rings. The second-order valence-corrected chi connectivity index (χ2v) is 6.13. The van der Waals surface area contributed by atoms with Gasteiger partial charge in [0.15, 0.2) is 0 Å². The molecule has 1 heterocycles. The number of likely N-dealkylation sites (tertiary alicyclic amines) is 1. The van der Waals surface area contributed by atoms with Gasteiger partial charge in [-0.05, 0) is 37.6 Å². The summed E-state index contributed by atoms with van der Waals surface area (Å²) in [7, 11) is 1.80. The third-order valence-corrected chi connectivity index (χ3v) is 4.58. The van der Waals surface area contributed by atoms with Gasteiger partial charge in [-0.1, -0.05) is 13.3 Å². The molecule has 1 saturated heterocycles. The lowest BCUT2D eigenvalue weighted by atomic mass is 9.98. The largest absolute Gasteiger partial charge is 0.390 e. The molecule has 4 nitrogen and oxygen atoms in total. The Morgan fingerprint density at radius 2 is 2.09 bits per heavy atom. The molecule has 5 heteroatoms. The number of aliphatic hydroxyl groups excluding tert-OH is 1. The van der Waals surface area contributed by atoms with Crippen LogP contribution >= 0.6 is 0 Å². The number of benzene rings is 1. The number of carbonyl (C=O) groups excluding carboxylic acids is 1. The number of carbonyl (C=O) groups is 1. The van der Waals surface area contributed by atoms with E-state index >= 15 is 0 Å². The Labute approximate surface area is 131 Å². The molecule has 0 radical (unpaired) electrons. The summed E-state index contributed by atoms with van der Waals surface area (Å²) >= 11 is 0. The zero-order chi connectivity index (χ0) is 16.3. The van der Waals surface area contributed by atoms with Crippen LogP contribution in [0.2, 0.25) is 0 Å². The molecule has 0 aromatic heterocycles. The van der Waals surface area contributed by atoms with Crippen molar-refractivity contribution in [3.8, 4) is 0 Å². The number of hydrogen-bond donors (Lipinski definition) is 1. The number of halogens is 1. The van der Waals surface area contributed by atoms with E-state index in [4.69, 9.17) is 0 Å². The highest BCUT2D eigenvalue weighted by atomic mass is 19.1. The third-order valence-electron chi connectivity index (χ3n) is 4.58. The SMILES string of the molecule is CCC[C@@H](CN1C[C@H](O)[C@@H]1C)N(C)C(=O)c1ccc(F)cc1. The summed E-state index contributed by atoms with van der Waals surface area (Å²) in [5.74, 6) is -0.431. The Morgan fingerprint density at radius 1 is 1.45 bits per heavy atom. The molecule has 1 aromatic carbocycles. The van der Waals surface area contributed by atoms with Gasteiger partial charge < -0.3 is 10.0 Å². The normalized spacial score (nSPS) is 23.0. The van der Waals surface area contributed by atoms with Crippen LogP contribution in [0.1, 0.15) is 37.0 Å². The molecule has 0 bridgehead atoms. The van der Waals surface area contributed by atoms with Crippen LogP contribution in [0.25, 0.3) is 0 Å². The van der Waals surface area contributed by atoms with E-state index in [2.05, 4.69) is 11.8 Å². The maximum atomic E-state index is 13.0. The molecular weight excluding hydrogens is 283 g/mol. The lowest BCUT2D eigenvalue weighted by molar-refractivity contribution is -0.0614. The van der Waals surface area contributed by atoms with Gasteiger partial charge in [0.1, 0.15) is 5.82 Å². The molecule has 122 valence electrons. The third kappa shape index (κ3) is 3.65. The van der Waals surface area contributed by atoms with Crippen molar-refractivity contribution in [1.82, 2.24) is 9.80 Å². The first-order chi connectivity index (χ1) is 10.4. The standard InChI is InChI=1S/C17H25FN2O2/c1-4-5-15(10-20-11-16(21)12(20)2)19(3)17(22)13-6-8-14(18)9-7-13/h6-9,12,15-16,21H,4-5,10-11H2,1-3H3/t12-,15-,16-/m0/s1. The monoisotopic (exact) mass is 308 g/mol. The van der Waals surface area contributed by atoms with Gasteiger partial charge in [0.25, 0.3) is 5.91 Å². The Morgan fingerprint density at radius 3 is 2.59 bits per heavy atom. The van der Waals surface area contributed by atoms with Gasteiger partial charge in [0.2, 0.25) is 0 Å². The van der Waals surface area contributed by atoms with Gasteiger partial charge in [0, 0.05) is 37.8 Å². The number of aliphatic hydroxyl groups is 1. The smallest absolute Gasteiger partial charge is 0.253 e. The molecule has 1 amide bonds. The van der Waals surface area contributed by atoms with Crippen molar-refractivity contribution in [3.63, 3.8) is 0 Å². The highest BCUT2D eigenvalue weighted by Crippen LogP contribution is 2.21. The predicted octanol–water partition coefficient (Wildman–Crippen LogP) is 2.13. The van der Waals surface area contributed by atoms with E-state index in [0.717, 1.165) is 19.4 Å².